The number of hydrogen-bond donors (Lipinski definition) is 1. The molecule has 0 saturated carbocycles. The van der Waals surface area contributed by atoms with Crippen LogP contribution in [0, 0.1) is 5.41 Å². The van der Waals surface area contributed by atoms with Gasteiger partial charge in [-0.3, -0.25) is 4.99 Å². The number of nitrogens with zero attached hydrogens (tertiary/aromatic N) is 2. The number of nitrogens with one attached hydrogen (secondary N) is 1. The summed E-state index contributed by atoms with van der Waals surface area (Å²) in [5.41, 5.74) is 1.70. The van der Waals surface area contributed by atoms with E-state index in [1.165, 1.54) is 12.0 Å². The van der Waals surface area contributed by atoms with Crippen LogP contribution in [0.2, 0.25) is 0 Å². The number of guanidine groups is 1. The highest BCUT2D eigenvalue weighted by atomic mass is 127. The zero-order chi connectivity index (χ0) is 13.0. The maximum absolute atomic E-state index is 4.38. The van der Waals surface area contributed by atoms with Crippen LogP contribution in [-0.4, -0.2) is 31.0 Å². The normalized spacial score (nSPS) is 18.1. The monoisotopic (exact) mass is 373 g/mol. The highest BCUT2D eigenvalue weighted by molar-refractivity contribution is 14.0. The zero-order valence-electron chi connectivity index (χ0n) is 12.0. The molecule has 0 aromatic heterocycles. The third kappa shape index (κ3) is 4.67. The lowest BCUT2D eigenvalue weighted by Crippen LogP contribution is -2.40. The van der Waals surface area contributed by atoms with Crippen LogP contribution in [0.3, 0.4) is 0 Å². The summed E-state index contributed by atoms with van der Waals surface area (Å²) in [5.74, 6) is 1.02. The molecule has 1 N–H and O–H groups in total. The fourth-order valence-corrected chi connectivity index (χ4v) is 2.40. The first-order chi connectivity index (χ1) is 8.61. The SMILES string of the molecule is CN=C(NCc1ccccc1)N1CCC(C)(C)C1.I. The van der Waals surface area contributed by atoms with Gasteiger partial charge in [-0.05, 0) is 17.4 Å². The summed E-state index contributed by atoms with van der Waals surface area (Å²) in [6, 6.07) is 10.4. The van der Waals surface area contributed by atoms with Crippen LogP contribution in [0.15, 0.2) is 35.3 Å². The van der Waals surface area contributed by atoms with Gasteiger partial charge in [0.1, 0.15) is 0 Å². The Morgan fingerprint density at radius 2 is 2.00 bits per heavy atom. The molecule has 1 aliphatic heterocycles. The standard InChI is InChI=1S/C15H23N3.HI/c1-15(2)9-10-18(12-15)14(16-3)17-11-13-7-5-4-6-8-13;/h4-8H,9-12H2,1-3H3,(H,16,17);1H. The molecule has 2 rings (SSSR count). The van der Waals surface area contributed by atoms with Crippen LogP contribution < -0.4 is 5.32 Å². The smallest absolute Gasteiger partial charge is 0.193 e. The molecule has 1 fully saturated rings. The maximum Gasteiger partial charge on any atom is 0.193 e. The molecule has 0 aliphatic carbocycles. The highest BCUT2D eigenvalue weighted by Gasteiger charge is 2.30. The van der Waals surface area contributed by atoms with E-state index in [0.29, 0.717) is 5.41 Å². The summed E-state index contributed by atoms with van der Waals surface area (Å²) in [4.78, 5) is 6.73. The second kappa shape index (κ2) is 7.12. The summed E-state index contributed by atoms with van der Waals surface area (Å²) >= 11 is 0. The van der Waals surface area contributed by atoms with E-state index < -0.39 is 0 Å². The van der Waals surface area contributed by atoms with Crippen LogP contribution in [0.5, 0.6) is 0 Å². The van der Waals surface area contributed by atoms with Crippen molar-refractivity contribution in [1.29, 1.82) is 0 Å². The lowest BCUT2D eigenvalue weighted by molar-refractivity contribution is 0.370. The van der Waals surface area contributed by atoms with Crippen molar-refractivity contribution >= 4 is 29.9 Å². The van der Waals surface area contributed by atoms with Crippen molar-refractivity contribution in [2.24, 2.45) is 10.4 Å². The molecule has 0 unspecified atom stereocenters. The Balaban J connectivity index is 0.00000180. The molecule has 0 spiro atoms. The molecular weight excluding hydrogens is 349 g/mol. The highest BCUT2D eigenvalue weighted by Crippen LogP contribution is 2.28. The summed E-state index contributed by atoms with van der Waals surface area (Å²) in [6.45, 7) is 7.66. The van der Waals surface area contributed by atoms with Crippen LogP contribution in [-0.2, 0) is 6.54 Å². The minimum atomic E-state index is 0. The fraction of sp³-hybridized carbons (Fsp3) is 0.533. The van der Waals surface area contributed by atoms with E-state index in [0.717, 1.165) is 25.6 Å². The van der Waals surface area contributed by atoms with E-state index in [-0.39, 0.29) is 24.0 Å². The van der Waals surface area contributed by atoms with E-state index in [9.17, 15) is 0 Å². The van der Waals surface area contributed by atoms with Crippen LogP contribution >= 0.6 is 24.0 Å². The number of aliphatic imine (C=N–C) groups is 1. The Morgan fingerprint density at radius 1 is 1.32 bits per heavy atom. The topological polar surface area (TPSA) is 27.6 Å². The first-order valence-electron chi connectivity index (χ1n) is 6.60. The molecule has 1 aromatic carbocycles. The van der Waals surface area contributed by atoms with E-state index >= 15 is 0 Å². The van der Waals surface area contributed by atoms with E-state index in [1.54, 1.807) is 0 Å². The first kappa shape index (κ1) is 16.3. The Hall–Kier alpha value is -0.780. The lowest BCUT2D eigenvalue weighted by atomic mass is 9.93. The molecule has 0 bridgehead atoms. The van der Waals surface area contributed by atoms with Crippen molar-refractivity contribution in [3.8, 4) is 0 Å². The number of halogens is 1. The predicted octanol–water partition coefficient (Wildman–Crippen LogP) is 3.11. The van der Waals surface area contributed by atoms with Gasteiger partial charge in [0.05, 0.1) is 0 Å². The van der Waals surface area contributed by atoms with Crippen LogP contribution in [0.1, 0.15) is 25.8 Å². The molecule has 4 heteroatoms. The van der Waals surface area contributed by atoms with Gasteiger partial charge in [0, 0.05) is 26.7 Å². The molecule has 1 aromatic rings. The number of hydrogen-bond acceptors (Lipinski definition) is 1. The van der Waals surface area contributed by atoms with Crippen molar-refractivity contribution in [1.82, 2.24) is 10.2 Å². The first-order valence-corrected chi connectivity index (χ1v) is 6.60. The van der Waals surface area contributed by atoms with Crippen molar-refractivity contribution < 1.29 is 0 Å². The molecule has 106 valence electrons. The summed E-state index contributed by atoms with van der Waals surface area (Å²) in [5, 5.41) is 3.44. The average molecular weight is 373 g/mol. The van der Waals surface area contributed by atoms with E-state index in [2.05, 4.69) is 53.3 Å². The van der Waals surface area contributed by atoms with Gasteiger partial charge in [-0.15, -0.1) is 24.0 Å². The Labute approximate surface area is 133 Å². The quantitative estimate of drug-likeness (QED) is 0.490. The van der Waals surface area contributed by atoms with Crippen LogP contribution in [0.4, 0.5) is 0 Å². The molecule has 1 saturated heterocycles. The molecule has 1 aliphatic rings. The van der Waals surface area contributed by atoms with E-state index in [4.69, 9.17) is 0 Å². The second-order valence-electron chi connectivity index (χ2n) is 5.72. The van der Waals surface area contributed by atoms with Gasteiger partial charge in [0.15, 0.2) is 5.96 Å². The van der Waals surface area contributed by atoms with E-state index in [1.807, 2.05) is 13.1 Å². The minimum absolute atomic E-state index is 0. The lowest BCUT2D eigenvalue weighted by Gasteiger charge is -2.23. The van der Waals surface area contributed by atoms with Crippen LogP contribution in [0.25, 0.3) is 0 Å². The molecule has 19 heavy (non-hydrogen) atoms. The minimum Gasteiger partial charge on any atom is -0.352 e. The summed E-state index contributed by atoms with van der Waals surface area (Å²) in [7, 11) is 1.86. The molecule has 0 radical (unpaired) electrons. The second-order valence-corrected chi connectivity index (χ2v) is 5.72. The van der Waals surface area contributed by atoms with Crippen molar-refractivity contribution in [3.05, 3.63) is 35.9 Å². The molecule has 1 heterocycles. The Bertz CT molecular complexity index is 415. The molecule has 0 amide bonds. The van der Waals surface area contributed by atoms with Crippen molar-refractivity contribution in [2.75, 3.05) is 20.1 Å². The number of rotatable bonds is 2. The number of likely N-dealkylation sites (tertiary alicyclic amines) is 1. The van der Waals surface area contributed by atoms with Gasteiger partial charge in [-0.2, -0.15) is 0 Å². The molecule has 3 nitrogen and oxygen atoms in total. The van der Waals surface area contributed by atoms with Gasteiger partial charge in [0.25, 0.3) is 0 Å². The largest absolute Gasteiger partial charge is 0.352 e. The Kier molecular flexibility index (Phi) is 6.10. The van der Waals surface area contributed by atoms with Crippen molar-refractivity contribution in [3.63, 3.8) is 0 Å². The van der Waals surface area contributed by atoms with Gasteiger partial charge in [-0.25, -0.2) is 0 Å². The maximum atomic E-state index is 4.38. The zero-order valence-corrected chi connectivity index (χ0v) is 14.3. The third-order valence-corrected chi connectivity index (χ3v) is 3.48. The van der Waals surface area contributed by atoms with Crippen molar-refractivity contribution in [2.45, 2.75) is 26.8 Å². The number of benzene rings is 1. The summed E-state index contributed by atoms with van der Waals surface area (Å²) in [6.07, 6.45) is 1.24. The Morgan fingerprint density at radius 3 is 2.53 bits per heavy atom. The van der Waals surface area contributed by atoms with Gasteiger partial charge in [0.2, 0.25) is 0 Å². The third-order valence-electron chi connectivity index (χ3n) is 3.48. The summed E-state index contributed by atoms with van der Waals surface area (Å²) < 4.78 is 0. The van der Waals surface area contributed by atoms with Gasteiger partial charge < -0.3 is 10.2 Å². The fourth-order valence-electron chi connectivity index (χ4n) is 2.40. The molecule has 0 atom stereocenters. The van der Waals surface area contributed by atoms with Gasteiger partial charge >= 0.3 is 0 Å². The molecular formula is C15H24IN3. The predicted molar refractivity (Wildman–Crippen MR) is 92.0 cm³/mol. The average Bonchev–Trinajstić information content (AvgIpc) is 2.72. The van der Waals surface area contributed by atoms with Gasteiger partial charge in [-0.1, -0.05) is 44.2 Å².